The monoisotopic (exact) mass is 283 g/mol. The van der Waals surface area contributed by atoms with Crippen molar-refractivity contribution in [2.75, 3.05) is 0 Å². The van der Waals surface area contributed by atoms with Crippen LogP contribution in [0.15, 0.2) is 53.9 Å². The zero-order valence-corrected chi connectivity index (χ0v) is 11.6. The second-order valence-corrected chi connectivity index (χ2v) is 5.85. The van der Waals surface area contributed by atoms with Crippen LogP contribution in [0.25, 0.3) is 32.2 Å². The van der Waals surface area contributed by atoms with Crippen LogP contribution in [0, 0.1) is 0 Å². The molecular formula is C16H10ClNS. The van der Waals surface area contributed by atoms with Gasteiger partial charge in [-0.3, -0.25) is 0 Å². The highest BCUT2D eigenvalue weighted by Crippen LogP contribution is 2.39. The van der Waals surface area contributed by atoms with E-state index in [1.165, 1.54) is 32.2 Å². The molecule has 0 bridgehead atoms. The van der Waals surface area contributed by atoms with Crippen LogP contribution in [-0.2, 0) is 0 Å². The van der Waals surface area contributed by atoms with Crippen molar-refractivity contribution in [1.82, 2.24) is 4.98 Å². The van der Waals surface area contributed by atoms with Crippen molar-refractivity contribution >= 4 is 44.7 Å². The molecule has 1 N–H and O–H groups in total. The van der Waals surface area contributed by atoms with E-state index in [0.717, 1.165) is 5.02 Å². The third kappa shape index (κ3) is 1.68. The summed E-state index contributed by atoms with van der Waals surface area (Å²) in [7, 11) is 0. The number of hydrogen-bond donors (Lipinski definition) is 1. The number of benzene rings is 2. The highest BCUT2D eigenvalue weighted by atomic mass is 35.5. The average Bonchev–Trinajstić information content (AvgIpc) is 2.98. The smallest absolute Gasteiger partial charge is 0.0580 e. The summed E-state index contributed by atoms with van der Waals surface area (Å²) < 4.78 is 0. The Morgan fingerprint density at radius 1 is 0.895 bits per heavy atom. The van der Waals surface area contributed by atoms with E-state index < -0.39 is 0 Å². The molecule has 3 heteroatoms. The van der Waals surface area contributed by atoms with E-state index in [1.807, 2.05) is 12.1 Å². The molecule has 4 rings (SSSR count). The van der Waals surface area contributed by atoms with Gasteiger partial charge in [-0.2, -0.15) is 0 Å². The van der Waals surface area contributed by atoms with Crippen molar-refractivity contribution in [3.63, 3.8) is 0 Å². The highest BCUT2D eigenvalue weighted by molar-refractivity contribution is 7.15. The maximum atomic E-state index is 5.96. The van der Waals surface area contributed by atoms with Crippen LogP contribution in [-0.4, -0.2) is 4.98 Å². The Labute approximate surface area is 119 Å². The van der Waals surface area contributed by atoms with Crippen molar-refractivity contribution in [2.24, 2.45) is 0 Å². The molecule has 0 amide bonds. The lowest BCUT2D eigenvalue weighted by molar-refractivity contribution is 1.56. The maximum absolute atomic E-state index is 5.96. The van der Waals surface area contributed by atoms with Crippen LogP contribution < -0.4 is 0 Å². The molecule has 92 valence electrons. The Balaban J connectivity index is 2.06. The predicted molar refractivity (Wildman–Crippen MR) is 84.1 cm³/mol. The largest absolute Gasteiger partial charge is 0.354 e. The fourth-order valence-electron chi connectivity index (χ4n) is 2.49. The van der Waals surface area contributed by atoms with Crippen LogP contribution in [0.3, 0.4) is 0 Å². The number of para-hydroxylation sites is 1. The van der Waals surface area contributed by atoms with Crippen LogP contribution in [0.5, 0.6) is 0 Å². The third-order valence-electron chi connectivity index (χ3n) is 3.36. The average molecular weight is 284 g/mol. The second-order valence-electron chi connectivity index (χ2n) is 4.53. The second kappa shape index (κ2) is 4.12. The van der Waals surface area contributed by atoms with Gasteiger partial charge in [0.2, 0.25) is 0 Å². The first-order valence-electron chi connectivity index (χ1n) is 6.07. The Hall–Kier alpha value is -1.77. The molecular weight excluding hydrogens is 274 g/mol. The summed E-state index contributed by atoms with van der Waals surface area (Å²) in [5.74, 6) is 0. The number of aromatic nitrogens is 1. The lowest BCUT2D eigenvalue weighted by Crippen LogP contribution is -1.73. The predicted octanol–water partition coefficient (Wildman–Crippen LogP) is 5.70. The van der Waals surface area contributed by atoms with Gasteiger partial charge in [0, 0.05) is 31.6 Å². The zero-order valence-electron chi connectivity index (χ0n) is 9.98. The SMILES string of the molecule is Clc1ccc(-c2scc3[nH]c4ccccc4c23)cc1. The standard InChI is InChI=1S/C16H10ClNS/c17-11-7-5-10(6-8-11)16-15-12-3-1-2-4-13(12)18-14(15)9-19-16/h1-9,18H. The summed E-state index contributed by atoms with van der Waals surface area (Å²) in [5.41, 5.74) is 3.61. The number of nitrogens with one attached hydrogen (secondary N) is 1. The number of halogens is 1. The first kappa shape index (κ1) is 11.1. The summed E-state index contributed by atoms with van der Waals surface area (Å²) >= 11 is 7.73. The molecule has 0 spiro atoms. The molecule has 0 aliphatic rings. The van der Waals surface area contributed by atoms with E-state index in [1.54, 1.807) is 11.3 Å². The van der Waals surface area contributed by atoms with Gasteiger partial charge in [-0.1, -0.05) is 41.9 Å². The molecule has 1 nitrogen and oxygen atoms in total. The molecule has 2 aromatic carbocycles. The maximum Gasteiger partial charge on any atom is 0.0580 e. The van der Waals surface area contributed by atoms with Crippen molar-refractivity contribution in [3.05, 3.63) is 58.9 Å². The summed E-state index contributed by atoms with van der Waals surface area (Å²) in [5, 5.41) is 5.54. The lowest BCUT2D eigenvalue weighted by atomic mass is 10.1. The van der Waals surface area contributed by atoms with E-state index in [-0.39, 0.29) is 0 Å². The van der Waals surface area contributed by atoms with E-state index >= 15 is 0 Å². The number of rotatable bonds is 1. The van der Waals surface area contributed by atoms with Crippen LogP contribution in [0.2, 0.25) is 5.02 Å². The molecule has 4 aromatic rings. The molecule has 2 aromatic heterocycles. The Bertz CT molecular complexity index is 871. The van der Waals surface area contributed by atoms with E-state index in [9.17, 15) is 0 Å². The van der Waals surface area contributed by atoms with E-state index in [2.05, 4.69) is 46.8 Å². The van der Waals surface area contributed by atoms with Gasteiger partial charge in [-0.25, -0.2) is 0 Å². The summed E-state index contributed by atoms with van der Waals surface area (Å²) in [6, 6.07) is 16.5. The lowest BCUT2D eigenvalue weighted by Gasteiger charge is -1.99. The van der Waals surface area contributed by atoms with Crippen molar-refractivity contribution in [2.45, 2.75) is 0 Å². The Kier molecular flexibility index (Phi) is 2.40. The minimum absolute atomic E-state index is 0.774. The van der Waals surface area contributed by atoms with E-state index in [0.29, 0.717) is 0 Å². The van der Waals surface area contributed by atoms with Crippen molar-refractivity contribution < 1.29 is 0 Å². The van der Waals surface area contributed by atoms with Gasteiger partial charge < -0.3 is 4.98 Å². The minimum atomic E-state index is 0.774. The highest BCUT2D eigenvalue weighted by Gasteiger charge is 2.12. The Morgan fingerprint density at radius 3 is 2.53 bits per heavy atom. The fourth-order valence-corrected chi connectivity index (χ4v) is 3.63. The molecule has 0 saturated carbocycles. The molecule has 2 heterocycles. The van der Waals surface area contributed by atoms with Gasteiger partial charge in [0.05, 0.1) is 5.52 Å². The van der Waals surface area contributed by atoms with Crippen molar-refractivity contribution in [3.8, 4) is 10.4 Å². The van der Waals surface area contributed by atoms with Crippen LogP contribution in [0.4, 0.5) is 0 Å². The van der Waals surface area contributed by atoms with Gasteiger partial charge in [0.1, 0.15) is 0 Å². The summed E-state index contributed by atoms with van der Waals surface area (Å²) in [6.07, 6.45) is 0. The van der Waals surface area contributed by atoms with Gasteiger partial charge in [0.25, 0.3) is 0 Å². The fraction of sp³-hybridized carbons (Fsp3) is 0. The van der Waals surface area contributed by atoms with Gasteiger partial charge >= 0.3 is 0 Å². The minimum Gasteiger partial charge on any atom is -0.354 e. The molecule has 0 fully saturated rings. The molecule has 0 unspecified atom stereocenters. The van der Waals surface area contributed by atoms with Crippen molar-refractivity contribution in [1.29, 1.82) is 0 Å². The Morgan fingerprint density at radius 2 is 1.68 bits per heavy atom. The number of H-pyrrole nitrogens is 1. The number of thiophene rings is 1. The first-order valence-corrected chi connectivity index (χ1v) is 7.32. The van der Waals surface area contributed by atoms with E-state index in [4.69, 9.17) is 11.6 Å². The van der Waals surface area contributed by atoms with Gasteiger partial charge in [0.15, 0.2) is 0 Å². The number of fused-ring (bicyclic) bond motifs is 3. The summed E-state index contributed by atoms with van der Waals surface area (Å²) in [6.45, 7) is 0. The molecule has 0 saturated heterocycles. The first-order chi connectivity index (χ1) is 9.33. The van der Waals surface area contributed by atoms with Crippen LogP contribution in [0.1, 0.15) is 0 Å². The molecule has 0 aliphatic carbocycles. The zero-order chi connectivity index (χ0) is 12.8. The molecule has 19 heavy (non-hydrogen) atoms. The molecule has 0 aliphatic heterocycles. The number of aromatic amines is 1. The third-order valence-corrected chi connectivity index (χ3v) is 4.64. The topological polar surface area (TPSA) is 15.8 Å². The molecule has 0 atom stereocenters. The number of hydrogen-bond acceptors (Lipinski definition) is 1. The summed E-state index contributed by atoms with van der Waals surface area (Å²) in [4.78, 5) is 4.76. The van der Waals surface area contributed by atoms with Gasteiger partial charge in [-0.05, 0) is 23.8 Å². The van der Waals surface area contributed by atoms with Gasteiger partial charge in [-0.15, -0.1) is 11.3 Å². The quantitative estimate of drug-likeness (QED) is 0.461. The van der Waals surface area contributed by atoms with Crippen LogP contribution >= 0.6 is 22.9 Å². The molecule has 0 radical (unpaired) electrons. The normalized spacial score (nSPS) is 11.4.